The van der Waals surface area contributed by atoms with Crippen LogP contribution in [0.1, 0.15) is 12.5 Å². The first-order valence-corrected chi connectivity index (χ1v) is 6.35. The van der Waals surface area contributed by atoms with Crippen LogP contribution in [-0.2, 0) is 16.0 Å². The van der Waals surface area contributed by atoms with Gasteiger partial charge in [0.2, 0.25) is 0 Å². The minimum atomic E-state index is -0.151. The van der Waals surface area contributed by atoms with E-state index in [1.807, 2.05) is 13.1 Å². The number of esters is 1. The number of aromatic nitrogens is 1. The van der Waals surface area contributed by atoms with Crippen LogP contribution in [0.25, 0.3) is 9.78 Å². The number of hydrogen-bond acceptors (Lipinski definition) is 2. The number of nitrogens with one attached hydrogen (secondary N) is 1. The van der Waals surface area contributed by atoms with Crippen molar-refractivity contribution in [3.8, 4) is 0 Å². The van der Waals surface area contributed by atoms with Crippen LogP contribution in [0.2, 0.25) is 0 Å². The van der Waals surface area contributed by atoms with Crippen LogP contribution < -0.4 is 0 Å². The normalized spacial score (nSPS) is 10.6. The molecule has 0 atom stereocenters. The molecule has 1 N–H and O–H groups in total. The third-order valence-electron chi connectivity index (χ3n) is 2.03. The van der Waals surface area contributed by atoms with E-state index in [0.29, 0.717) is 27.5 Å². The molecule has 0 amide bonds. The summed E-state index contributed by atoms with van der Waals surface area (Å²) in [6, 6.07) is 2.08. The van der Waals surface area contributed by atoms with E-state index >= 15 is 0 Å². The van der Waals surface area contributed by atoms with Crippen LogP contribution in [0.3, 0.4) is 0 Å². The van der Waals surface area contributed by atoms with Crippen LogP contribution in [0, 0.1) is 0 Å². The molecule has 14 heavy (non-hydrogen) atoms. The molecule has 0 unspecified atom stereocenters. The number of H-pyrrole nitrogens is 1. The fourth-order valence-electron chi connectivity index (χ4n) is 1.42. The molecule has 74 valence electrons. The molecular weight excluding hydrogens is 245 g/mol. The molecule has 2 aromatic rings. The van der Waals surface area contributed by atoms with Crippen molar-refractivity contribution < 1.29 is 9.53 Å². The molecule has 0 saturated carbocycles. The molecule has 2 aromatic heterocycles. The van der Waals surface area contributed by atoms with Gasteiger partial charge < -0.3 is 0 Å². The van der Waals surface area contributed by atoms with Gasteiger partial charge in [-0.3, -0.25) is 0 Å². The van der Waals surface area contributed by atoms with E-state index < -0.39 is 0 Å². The Morgan fingerprint density at radius 2 is 2.50 bits per heavy atom. The number of rotatable bonds is 3. The summed E-state index contributed by atoms with van der Waals surface area (Å²) < 4.78 is 6.16. The molecule has 0 aliphatic carbocycles. The van der Waals surface area contributed by atoms with Crippen LogP contribution in [-0.4, -0.2) is 32.1 Å². The van der Waals surface area contributed by atoms with E-state index in [-0.39, 0.29) is 5.97 Å². The summed E-state index contributed by atoms with van der Waals surface area (Å²) in [6.07, 6.45) is 2.28. The van der Waals surface area contributed by atoms with Gasteiger partial charge in [-0.05, 0) is 0 Å². The number of hydrogen-bond donors (Lipinski definition) is 1. The monoisotopic (exact) mass is 257 g/mol. The Morgan fingerprint density at radius 3 is 3.29 bits per heavy atom. The average Bonchev–Trinajstić information content (AvgIpc) is 2.70. The Hall–Kier alpha value is -0.991. The molecule has 2 heterocycles. The fourth-order valence-corrected chi connectivity index (χ4v) is 3.08. The Kier molecular flexibility index (Phi) is 2.75. The van der Waals surface area contributed by atoms with E-state index in [9.17, 15) is 4.79 Å². The van der Waals surface area contributed by atoms with Gasteiger partial charge in [0.25, 0.3) is 0 Å². The van der Waals surface area contributed by atoms with Crippen molar-refractivity contribution in [2.24, 2.45) is 0 Å². The third-order valence-corrected chi connectivity index (χ3v) is 3.80. The molecule has 0 radical (unpaired) electrons. The third kappa shape index (κ3) is 1.76. The molecule has 3 nitrogen and oxygen atoms in total. The maximum absolute atomic E-state index is 11.3. The summed E-state index contributed by atoms with van der Waals surface area (Å²) in [7, 11) is 0. The first-order chi connectivity index (χ1) is 6.81. The second kappa shape index (κ2) is 4.03. The second-order valence-corrected chi connectivity index (χ2v) is 4.88. The Labute approximate surface area is 87.8 Å². The summed E-state index contributed by atoms with van der Waals surface area (Å²) in [5.41, 5.74) is 1.05. The van der Waals surface area contributed by atoms with Gasteiger partial charge in [0.05, 0.1) is 0 Å². The topological polar surface area (TPSA) is 42.1 Å². The van der Waals surface area contributed by atoms with E-state index in [0.717, 1.165) is 5.56 Å². The molecule has 0 bridgehead atoms. The zero-order valence-corrected chi connectivity index (χ0v) is 9.58. The van der Waals surface area contributed by atoms with Gasteiger partial charge in [-0.15, -0.1) is 0 Å². The van der Waals surface area contributed by atoms with Gasteiger partial charge >= 0.3 is 87.5 Å². The van der Waals surface area contributed by atoms with E-state index in [1.54, 1.807) is 0 Å². The van der Waals surface area contributed by atoms with Gasteiger partial charge in [-0.1, -0.05) is 0 Å². The molecule has 4 heteroatoms. The van der Waals surface area contributed by atoms with Crippen molar-refractivity contribution in [2.75, 3.05) is 6.61 Å². The number of carbonyl (C=O) groups excluding carboxylic acids is 1. The van der Waals surface area contributed by atoms with E-state index in [1.165, 1.54) is 9.78 Å². The minimum absolute atomic E-state index is 0.151. The van der Waals surface area contributed by atoms with Gasteiger partial charge in [-0.25, -0.2) is 0 Å². The SMILES string of the molecule is CCOC(=O)Cc1c[nH]c2[se]ccc12. The van der Waals surface area contributed by atoms with Crippen molar-refractivity contribution >= 4 is 30.2 Å². The predicted octanol–water partition coefficient (Wildman–Crippen LogP) is 1.33. The van der Waals surface area contributed by atoms with Gasteiger partial charge in [-0.2, -0.15) is 0 Å². The second-order valence-electron chi connectivity index (χ2n) is 2.96. The van der Waals surface area contributed by atoms with Crippen molar-refractivity contribution in [2.45, 2.75) is 13.3 Å². The summed E-state index contributed by atoms with van der Waals surface area (Å²) >= 11 is 0.419. The van der Waals surface area contributed by atoms with Gasteiger partial charge in [0.15, 0.2) is 0 Å². The molecule has 0 aromatic carbocycles. The van der Waals surface area contributed by atoms with Crippen molar-refractivity contribution in [1.29, 1.82) is 0 Å². The summed E-state index contributed by atoms with van der Waals surface area (Å²) in [6.45, 7) is 2.27. The Bertz CT molecular complexity index is 444. The Balaban J connectivity index is 2.18. The zero-order valence-electron chi connectivity index (χ0n) is 7.87. The van der Waals surface area contributed by atoms with E-state index in [4.69, 9.17) is 4.74 Å². The van der Waals surface area contributed by atoms with Crippen molar-refractivity contribution in [3.05, 3.63) is 22.8 Å². The number of ether oxygens (including phenoxy) is 1. The average molecular weight is 256 g/mol. The van der Waals surface area contributed by atoms with Crippen LogP contribution >= 0.6 is 0 Å². The molecule has 0 spiro atoms. The molecule has 0 aliphatic heterocycles. The number of aromatic amines is 1. The predicted molar refractivity (Wildman–Crippen MR) is 55.6 cm³/mol. The van der Waals surface area contributed by atoms with E-state index in [2.05, 4.69) is 16.0 Å². The van der Waals surface area contributed by atoms with Crippen LogP contribution in [0.4, 0.5) is 0 Å². The number of fused-ring (bicyclic) bond motifs is 1. The fraction of sp³-hybridized carbons (Fsp3) is 0.300. The summed E-state index contributed by atoms with van der Waals surface area (Å²) in [4.78, 5) is 16.6. The maximum atomic E-state index is 11.3. The molecule has 0 aliphatic rings. The summed E-state index contributed by atoms with van der Waals surface area (Å²) in [5.74, 6) is -0.151. The summed E-state index contributed by atoms with van der Waals surface area (Å²) in [5, 5.41) is 1.19. The van der Waals surface area contributed by atoms with Gasteiger partial charge in [0, 0.05) is 0 Å². The standard InChI is InChI=1S/C10H11NO2Se/c1-2-13-9(12)5-7-6-11-10-8(7)3-4-14-10/h3-4,6,11H,2,5H2,1H3. The Morgan fingerprint density at radius 1 is 1.64 bits per heavy atom. The van der Waals surface area contributed by atoms with Crippen LogP contribution in [0.5, 0.6) is 0 Å². The quantitative estimate of drug-likeness (QED) is 0.665. The molecule has 2 rings (SSSR count). The first-order valence-electron chi connectivity index (χ1n) is 4.50. The van der Waals surface area contributed by atoms with Crippen molar-refractivity contribution in [1.82, 2.24) is 4.98 Å². The molecular formula is C10H11NO2Se. The number of carbonyl (C=O) groups is 1. The van der Waals surface area contributed by atoms with Crippen molar-refractivity contribution in [3.63, 3.8) is 0 Å². The first kappa shape index (κ1) is 9.56. The van der Waals surface area contributed by atoms with Gasteiger partial charge in [0.1, 0.15) is 0 Å². The molecule has 0 saturated heterocycles. The zero-order chi connectivity index (χ0) is 9.97. The van der Waals surface area contributed by atoms with Crippen LogP contribution in [0.15, 0.2) is 17.2 Å². The molecule has 0 fully saturated rings.